The van der Waals surface area contributed by atoms with Crippen LogP contribution in [0.4, 0.5) is 0 Å². The molecule has 0 amide bonds. The van der Waals surface area contributed by atoms with Gasteiger partial charge >= 0.3 is 0 Å². The molecule has 1 fully saturated rings. The standard InChI is InChI=1S/C20H21N3OS/c21-12-17-4-1-2-6-19(17)16-9-7-15(8-10-16)14-25-20(22)23-13-18-5-3-11-24-18/h1-2,4,6-10,18H,3,5,11,13-14H2,(H2,22,23). The first-order valence-electron chi connectivity index (χ1n) is 8.39. The monoisotopic (exact) mass is 351 g/mol. The van der Waals surface area contributed by atoms with Gasteiger partial charge in [-0.05, 0) is 35.6 Å². The fourth-order valence-electron chi connectivity index (χ4n) is 2.80. The van der Waals surface area contributed by atoms with Gasteiger partial charge in [-0.25, -0.2) is 0 Å². The first kappa shape index (κ1) is 17.5. The van der Waals surface area contributed by atoms with Gasteiger partial charge in [0, 0.05) is 12.4 Å². The van der Waals surface area contributed by atoms with E-state index in [9.17, 15) is 5.26 Å². The van der Waals surface area contributed by atoms with E-state index >= 15 is 0 Å². The summed E-state index contributed by atoms with van der Waals surface area (Å²) in [6, 6.07) is 18.1. The van der Waals surface area contributed by atoms with E-state index in [0.717, 1.165) is 36.3 Å². The van der Waals surface area contributed by atoms with E-state index in [1.54, 1.807) is 11.8 Å². The largest absolute Gasteiger partial charge is 0.379 e. The first-order valence-corrected chi connectivity index (χ1v) is 9.37. The van der Waals surface area contributed by atoms with Crippen LogP contribution < -0.4 is 5.73 Å². The molecule has 0 radical (unpaired) electrons. The van der Waals surface area contributed by atoms with E-state index in [0.29, 0.717) is 17.3 Å². The Labute approximate surface area is 152 Å². The smallest absolute Gasteiger partial charge is 0.154 e. The van der Waals surface area contributed by atoms with Gasteiger partial charge in [-0.15, -0.1) is 0 Å². The van der Waals surface area contributed by atoms with Crippen LogP contribution in [0.3, 0.4) is 0 Å². The number of nitrogens with two attached hydrogens (primary N) is 1. The van der Waals surface area contributed by atoms with Gasteiger partial charge in [-0.1, -0.05) is 54.2 Å². The number of benzene rings is 2. The Kier molecular flexibility index (Phi) is 6.10. The van der Waals surface area contributed by atoms with Gasteiger partial charge in [-0.2, -0.15) is 5.26 Å². The van der Waals surface area contributed by atoms with Crippen molar-refractivity contribution >= 4 is 16.9 Å². The lowest BCUT2D eigenvalue weighted by Gasteiger charge is -2.07. The van der Waals surface area contributed by atoms with E-state index in [1.807, 2.05) is 36.4 Å². The highest BCUT2D eigenvalue weighted by atomic mass is 32.2. The number of hydrogen-bond acceptors (Lipinski definition) is 4. The Bertz CT molecular complexity index is 774. The zero-order chi connectivity index (χ0) is 17.5. The summed E-state index contributed by atoms with van der Waals surface area (Å²) in [5.74, 6) is 0.779. The topological polar surface area (TPSA) is 71.4 Å². The second-order valence-electron chi connectivity index (χ2n) is 5.96. The molecular weight excluding hydrogens is 330 g/mol. The summed E-state index contributed by atoms with van der Waals surface area (Å²) in [4.78, 5) is 4.41. The van der Waals surface area contributed by atoms with Gasteiger partial charge in [0.2, 0.25) is 0 Å². The molecule has 5 heteroatoms. The number of hydrogen-bond donors (Lipinski definition) is 1. The number of ether oxygens (including phenoxy) is 1. The lowest BCUT2D eigenvalue weighted by atomic mass is 10.00. The normalized spacial score (nSPS) is 17.4. The van der Waals surface area contributed by atoms with Crippen molar-refractivity contribution in [2.24, 2.45) is 10.7 Å². The van der Waals surface area contributed by atoms with Gasteiger partial charge in [0.25, 0.3) is 0 Å². The van der Waals surface area contributed by atoms with Crippen LogP contribution in [-0.2, 0) is 10.5 Å². The van der Waals surface area contributed by atoms with Crippen molar-refractivity contribution < 1.29 is 4.74 Å². The maximum Gasteiger partial charge on any atom is 0.154 e. The number of nitriles is 1. The Hall–Kier alpha value is -2.29. The van der Waals surface area contributed by atoms with Crippen molar-refractivity contribution in [1.82, 2.24) is 0 Å². The highest BCUT2D eigenvalue weighted by molar-refractivity contribution is 8.13. The molecule has 25 heavy (non-hydrogen) atoms. The summed E-state index contributed by atoms with van der Waals surface area (Å²) < 4.78 is 5.55. The molecule has 0 bridgehead atoms. The predicted molar refractivity (Wildman–Crippen MR) is 103 cm³/mol. The SMILES string of the molecule is N#Cc1ccccc1-c1ccc(CSC(N)=NCC2CCCO2)cc1. The molecule has 128 valence electrons. The molecule has 1 saturated heterocycles. The molecule has 0 aromatic heterocycles. The van der Waals surface area contributed by atoms with Crippen molar-refractivity contribution in [1.29, 1.82) is 5.26 Å². The lowest BCUT2D eigenvalue weighted by Crippen LogP contribution is -2.14. The van der Waals surface area contributed by atoms with Crippen LogP contribution in [0.2, 0.25) is 0 Å². The molecule has 0 spiro atoms. The summed E-state index contributed by atoms with van der Waals surface area (Å²) in [5.41, 5.74) is 9.86. The van der Waals surface area contributed by atoms with Crippen molar-refractivity contribution in [2.75, 3.05) is 13.2 Å². The molecule has 3 rings (SSSR count). The molecular formula is C20H21N3OS. The molecule has 1 atom stereocenters. The third-order valence-corrected chi connectivity index (χ3v) is 5.08. The van der Waals surface area contributed by atoms with Crippen molar-refractivity contribution in [3.05, 3.63) is 59.7 Å². The van der Waals surface area contributed by atoms with Crippen LogP contribution in [0.1, 0.15) is 24.0 Å². The maximum atomic E-state index is 9.22. The van der Waals surface area contributed by atoms with E-state index in [-0.39, 0.29) is 6.10 Å². The minimum absolute atomic E-state index is 0.235. The van der Waals surface area contributed by atoms with E-state index in [4.69, 9.17) is 10.5 Å². The maximum absolute atomic E-state index is 9.22. The molecule has 0 saturated carbocycles. The number of thioether (sulfide) groups is 1. The molecule has 1 unspecified atom stereocenters. The summed E-state index contributed by atoms with van der Waals surface area (Å²) in [6.07, 6.45) is 2.43. The summed E-state index contributed by atoms with van der Waals surface area (Å²) in [7, 11) is 0. The van der Waals surface area contributed by atoms with Gasteiger partial charge in [0.05, 0.1) is 24.3 Å². The Morgan fingerprint density at radius 3 is 2.76 bits per heavy atom. The first-order chi connectivity index (χ1) is 12.3. The summed E-state index contributed by atoms with van der Waals surface area (Å²) in [6.45, 7) is 1.50. The molecule has 1 heterocycles. The van der Waals surface area contributed by atoms with Gasteiger partial charge in [-0.3, -0.25) is 4.99 Å². The van der Waals surface area contributed by atoms with Crippen LogP contribution in [-0.4, -0.2) is 24.4 Å². The average Bonchev–Trinajstić information content (AvgIpc) is 3.19. The number of nitrogens with zero attached hydrogens (tertiary/aromatic N) is 2. The average molecular weight is 351 g/mol. The molecule has 2 N–H and O–H groups in total. The second kappa shape index (κ2) is 8.70. The van der Waals surface area contributed by atoms with Crippen LogP contribution >= 0.6 is 11.8 Å². The van der Waals surface area contributed by atoms with E-state index < -0.39 is 0 Å². The van der Waals surface area contributed by atoms with Crippen LogP contribution in [0, 0.1) is 11.3 Å². The number of aliphatic imine (C=N–C) groups is 1. The van der Waals surface area contributed by atoms with Crippen LogP contribution in [0.15, 0.2) is 53.5 Å². The number of amidine groups is 1. The zero-order valence-electron chi connectivity index (χ0n) is 14.0. The zero-order valence-corrected chi connectivity index (χ0v) is 14.8. The second-order valence-corrected chi connectivity index (χ2v) is 6.95. The van der Waals surface area contributed by atoms with Crippen molar-refractivity contribution in [2.45, 2.75) is 24.7 Å². The summed E-state index contributed by atoms with van der Waals surface area (Å²) in [5, 5.41) is 9.83. The molecule has 0 aliphatic carbocycles. The fourth-order valence-corrected chi connectivity index (χ4v) is 3.47. The van der Waals surface area contributed by atoms with Crippen molar-refractivity contribution in [3.63, 3.8) is 0 Å². The number of rotatable bonds is 5. The van der Waals surface area contributed by atoms with E-state index in [2.05, 4.69) is 23.2 Å². The fraction of sp³-hybridized carbons (Fsp3) is 0.300. The summed E-state index contributed by atoms with van der Waals surface area (Å²) >= 11 is 1.54. The van der Waals surface area contributed by atoms with Crippen LogP contribution in [0.25, 0.3) is 11.1 Å². The minimum atomic E-state index is 0.235. The molecule has 2 aromatic carbocycles. The predicted octanol–water partition coefficient (Wildman–Crippen LogP) is 3.95. The van der Waals surface area contributed by atoms with E-state index in [1.165, 1.54) is 5.56 Å². The molecule has 1 aliphatic rings. The Morgan fingerprint density at radius 1 is 1.24 bits per heavy atom. The Morgan fingerprint density at radius 2 is 2.04 bits per heavy atom. The van der Waals surface area contributed by atoms with Crippen LogP contribution in [0.5, 0.6) is 0 Å². The lowest BCUT2D eigenvalue weighted by molar-refractivity contribution is 0.118. The molecule has 4 nitrogen and oxygen atoms in total. The highest BCUT2D eigenvalue weighted by Gasteiger charge is 2.14. The quantitative estimate of drug-likeness (QED) is 0.654. The highest BCUT2D eigenvalue weighted by Crippen LogP contribution is 2.24. The third kappa shape index (κ3) is 4.85. The van der Waals surface area contributed by atoms with Gasteiger partial charge in [0.1, 0.15) is 0 Å². The van der Waals surface area contributed by atoms with Crippen molar-refractivity contribution in [3.8, 4) is 17.2 Å². The Balaban J connectivity index is 1.57. The van der Waals surface area contributed by atoms with Gasteiger partial charge in [0.15, 0.2) is 5.17 Å². The molecule has 1 aliphatic heterocycles. The molecule has 2 aromatic rings. The minimum Gasteiger partial charge on any atom is -0.379 e. The van der Waals surface area contributed by atoms with Gasteiger partial charge < -0.3 is 10.5 Å². The third-order valence-electron chi connectivity index (χ3n) is 4.17.